The van der Waals surface area contributed by atoms with Crippen LogP contribution < -0.4 is 9.64 Å². The zero-order valence-corrected chi connectivity index (χ0v) is 21.4. The van der Waals surface area contributed by atoms with Crippen molar-refractivity contribution in [2.24, 2.45) is 23.7 Å². The quantitative estimate of drug-likeness (QED) is 0.503. The van der Waals surface area contributed by atoms with E-state index in [9.17, 15) is 9.90 Å². The lowest BCUT2D eigenvalue weighted by molar-refractivity contribution is -0.148. The number of benzene rings is 1. The summed E-state index contributed by atoms with van der Waals surface area (Å²) in [6.07, 6.45) is 5.78. The number of methoxy groups -OCH3 is 1. The molecule has 0 amide bonds. The van der Waals surface area contributed by atoms with Crippen molar-refractivity contribution >= 4 is 11.7 Å². The Bertz CT molecular complexity index is 894. The van der Waals surface area contributed by atoms with E-state index in [4.69, 9.17) is 9.47 Å². The van der Waals surface area contributed by atoms with Crippen LogP contribution >= 0.6 is 0 Å². The molecule has 1 saturated heterocycles. The molecule has 0 bridgehead atoms. The number of piperazine rings is 1. The molecule has 4 rings (SSSR count). The summed E-state index contributed by atoms with van der Waals surface area (Å²) >= 11 is 0. The molecule has 2 fully saturated rings. The molecule has 0 spiro atoms. The van der Waals surface area contributed by atoms with Crippen molar-refractivity contribution in [3.05, 3.63) is 42.3 Å². The molecular formula is C28H41N2O4. The van der Waals surface area contributed by atoms with Crippen molar-refractivity contribution in [3.8, 4) is 5.75 Å². The average Bonchev–Trinajstić information content (AvgIpc) is 2.81. The first-order chi connectivity index (χ1) is 16.2. The molecule has 1 aromatic carbocycles. The van der Waals surface area contributed by atoms with Gasteiger partial charge in [0.2, 0.25) is 0 Å². The van der Waals surface area contributed by atoms with Crippen LogP contribution in [0.25, 0.3) is 0 Å². The first-order valence-electron chi connectivity index (χ1n) is 12.8. The molecule has 6 atom stereocenters. The van der Waals surface area contributed by atoms with E-state index in [2.05, 4.69) is 47.9 Å². The Balaban J connectivity index is 1.40. The Hall–Kier alpha value is -2.05. The molecule has 0 aromatic heterocycles. The Morgan fingerprint density at radius 1 is 1.24 bits per heavy atom. The molecule has 34 heavy (non-hydrogen) atoms. The lowest BCUT2D eigenvalue weighted by Gasteiger charge is -2.53. The molecule has 1 saturated carbocycles. The van der Waals surface area contributed by atoms with Crippen molar-refractivity contribution in [1.82, 2.24) is 4.90 Å². The zero-order valence-electron chi connectivity index (χ0n) is 21.4. The van der Waals surface area contributed by atoms with Crippen LogP contribution in [0.5, 0.6) is 5.75 Å². The van der Waals surface area contributed by atoms with Crippen LogP contribution in [0.2, 0.25) is 0 Å². The number of hydrogen-bond donors (Lipinski definition) is 1. The van der Waals surface area contributed by atoms with E-state index in [1.165, 1.54) is 12.6 Å². The Morgan fingerprint density at radius 3 is 2.65 bits per heavy atom. The van der Waals surface area contributed by atoms with Gasteiger partial charge in [-0.25, -0.2) is 0 Å². The highest BCUT2D eigenvalue weighted by Crippen LogP contribution is 2.50. The molecule has 1 N–H and O–H groups in total. The first-order valence-corrected chi connectivity index (χ1v) is 12.8. The first kappa shape index (κ1) is 25.1. The molecule has 6 heteroatoms. The molecule has 1 aliphatic heterocycles. The molecular weight excluding hydrogens is 428 g/mol. The highest BCUT2D eigenvalue weighted by atomic mass is 16.5. The van der Waals surface area contributed by atoms with E-state index in [0.29, 0.717) is 11.8 Å². The predicted molar refractivity (Wildman–Crippen MR) is 135 cm³/mol. The lowest BCUT2D eigenvalue weighted by Crippen LogP contribution is -2.57. The lowest BCUT2D eigenvalue weighted by atomic mass is 9.57. The minimum absolute atomic E-state index is 0.0659. The van der Waals surface area contributed by atoms with Gasteiger partial charge >= 0.3 is 5.97 Å². The van der Waals surface area contributed by atoms with Gasteiger partial charge in [0, 0.05) is 63.7 Å². The van der Waals surface area contributed by atoms with E-state index >= 15 is 0 Å². The summed E-state index contributed by atoms with van der Waals surface area (Å²) in [6, 6.07) is 8.30. The smallest absolute Gasteiger partial charge is 0.303 e. The number of anilines is 1. The molecule has 3 aliphatic rings. The van der Waals surface area contributed by atoms with Gasteiger partial charge in [-0.05, 0) is 55.2 Å². The molecule has 1 unspecified atom stereocenters. The Kier molecular flexibility index (Phi) is 7.58. The molecule has 1 heterocycles. The number of ether oxygens (including phenoxy) is 2. The van der Waals surface area contributed by atoms with Crippen molar-refractivity contribution < 1.29 is 19.4 Å². The minimum atomic E-state index is -0.929. The maximum Gasteiger partial charge on any atom is 0.303 e. The number of hydrogen-bond acceptors (Lipinski definition) is 6. The van der Waals surface area contributed by atoms with E-state index in [1.54, 1.807) is 7.11 Å². The van der Waals surface area contributed by atoms with Crippen LogP contribution in [0.3, 0.4) is 0 Å². The standard InChI is InChI=1S/C28H41N2O4/c1-19-15-26-25(10-9-21(3)28(26,32)17-27(19)34-22(4)31)20(2)18-29-11-13-30(14-12-29)23-7-6-8-24(16-23)33-5/h6-8,15-17,20-21,25-27,32H,9-14,18H2,1-5H3/t20?,21-,25+,26-,27-,28-/m1/s1. The normalized spacial score (nSPS) is 33.0. The number of fused-ring (bicyclic) bond motifs is 1. The summed E-state index contributed by atoms with van der Waals surface area (Å²) in [5.74, 6) is 1.68. The van der Waals surface area contributed by atoms with Crippen LogP contribution in [-0.4, -0.2) is 67.5 Å². The van der Waals surface area contributed by atoms with Crippen LogP contribution in [0.15, 0.2) is 35.9 Å². The van der Waals surface area contributed by atoms with Gasteiger partial charge in [-0.1, -0.05) is 26.0 Å². The van der Waals surface area contributed by atoms with Gasteiger partial charge in [0.25, 0.3) is 0 Å². The number of carbonyl (C=O) groups is 1. The molecule has 187 valence electrons. The summed E-state index contributed by atoms with van der Waals surface area (Å²) < 4.78 is 10.9. The van der Waals surface area contributed by atoms with Crippen molar-refractivity contribution in [3.63, 3.8) is 0 Å². The topological polar surface area (TPSA) is 62.2 Å². The van der Waals surface area contributed by atoms with E-state index in [-0.39, 0.29) is 17.8 Å². The molecule has 1 aromatic rings. The van der Waals surface area contributed by atoms with Gasteiger partial charge < -0.3 is 19.5 Å². The summed E-state index contributed by atoms with van der Waals surface area (Å²) in [5, 5.41) is 11.8. The SMILES string of the molecule is COc1cccc(N2CCN(CC(C)[C@@H]3CC[C@@H](C)[C@]4(O)[CH][C@@H](OC(C)=O)C(C)=C[C@H]34)CC2)c1. The highest BCUT2D eigenvalue weighted by molar-refractivity contribution is 5.66. The number of aliphatic hydroxyl groups is 1. The van der Waals surface area contributed by atoms with Crippen LogP contribution in [0.1, 0.15) is 40.5 Å². The summed E-state index contributed by atoms with van der Waals surface area (Å²) in [5.41, 5.74) is 1.32. The van der Waals surface area contributed by atoms with Gasteiger partial charge in [-0.15, -0.1) is 0 Å². The molecule has 2 aliphatic carbocycles. The van der Waals surface area contributed by atoms with Crippen molar-refractivity contribution in [1.29, 1.82) is 0 Å². The summed E-state index contributed by atoms with van der Waals surface area (Å²) in [4.78, 5) is 16.6. The monoisotopic (exact) mass is 469 g/mol. The van der Waals surface area contributed by atoms with Gasteiger partial charge in [0.15, 0.2) is 0 Å². The Labute approximate surface area is 204 Å². The van der Waals surface area contributed by atoms with Gasteiger partial charge in [-0.2, -0.15) is 0 Å². The fraction of sp³-hybridized carbons (Fsp3) is 0.643. The maximum absolute atomic E-state index is 11.8. The second-order valence-electron chi connectivity index (χ2n) is 10.6. The highest BCUT2D eigenvalue weighted by Gasteiger charge is 2.53. The van der Waals surface area contributed by atoms with Gasteiger partial charge in [-0.3, -0.25) is 9.69 Å². The number of nitrogens with zero attached hydrogens (tertiary/aromatic N) is 2. The number of rotatable bonds is 6. The second-order valence-corrected chi connectivity index (χ2v) is 10.6. The van der Waals surface area contributed by atoms with E-state index < -0.39 is 11.7 Å². The third kappa shape index (κ3) is 5.13. The Morgan fingerprint density at radius 2 is 1.97 bits per heavy atom. The number of carbonyl (C=O) groups excluding carboxylic acids is 1. The van der Waals surface area contributed by atoms with Gasteiger partial charge in [0.05, 0.1) is 12.7 Å². The molecule has 1 radical (unpaired) electrons. The average molecular weight is 470 g/mol. The largest absolute Gasteiger partial charge is 0.497 e. The zero-order chi connectivity index (χ0) is 24.5. The van der Waals surface area contributed by atoms with Crippen molar-refractivity contribution in [2.75, 3.05) is 44.7 Å². The van der Waals surface area contributed by atoms with E-state index in [0.717, 1.165) is 56.9 Å². The van der Waals surface area contributed by atoms with E-state index in [1.807, 2.05) is 19.4 Å². The number of esters is 1. The third-order valence-electron chi connectivity index (χ3n) is 8.39. The fourth-order valence-electron chi connectivity index (χ4n) is 6.29. The van der Waals surface area contributed by atoms with Crippen molar-refractivity contribution in [2.45, 2.75) is 52.2 Å². The van der Waals surface area contributed by atoms with Crippen LogP contribution in [0, 0.1) is 30.1 Å². The fourth-order valence-corrected chi connectivity index (χ4v) is 6.29. The minimum Gasteiger partial charge on any atom is -0.497 e. The maximum atomic E-state index is 11.8. The second kappa shape index (κ2) is 10.3. The molecule has 6 nitrogen and oxygen atoms in total. The van der Waals surface area contributed by atoms with Crippen LogP contribution in [0.4, 0.5) is 5.69 Å². The van der Waals surface area contributed by atoms with Crippen LogP contribution in [-0.2, 0) is 9.53 Å². The summed E-state index contributed by atoms with van der Waals surface area (Å²) in [6.45, 7) is 13.0. The summed E-state index contributed by atoms with van der Waals surface area (Å²) in [7, 11) is 1.71. The predicted octanol–water partition coefficient (Wildman–Crippen LogP) is 3.94. The van der Waals surface area contributed by atoms with Gasteiger partial charge in [0.1, 0.15) is 11.9 Å². The third-order valence-corrected chi connectivity index (χ3v) is 8.39.